The summed E-state index contributed by atoms with van der Waals surface area (Å²) in [4.78, 5) is 37.0. The number of alkyl carbamates (subject to hydrolysis) is 1. The van der Waals surface area contributed by atoms with Gasteiger partial charge >= 0.3 is 6.09 Å². The quantitative estimate of drug-likeness (QED) is 0.622. The van der Waals surface area contributed by atoms with Crippen molar-refractivity contribution in [3.05, 3.63) is 0 Å². The zero-order valence-corrected chi connectivity index (χ0v) is 13.9. The highest BCUT2D eigenvalue weighted by atomic mass is 16.5. The molecule has 8 heteroatoms. The minimum absolute atomic E-state index is 0.0259. The lowest BCUT2D eigenvalue weighted by molar-refractivity contribution is -0.882. The smallest absolute Gasteiger partial charge is 0.414 e. The van der Waals surface area contributed by atoms with Gasteiger partial charge in [0.05, 0.1) is 19.2 Å². The second-order valence-electron chi connectivity index (χ2n) is 5.35. The van der Waals surface area contributed by atoms with Gasteiger partial charge in [-0.3, -0.25) is 14.9 Å². The fraction of sp³-hybridized carbons (Fsp3) is 0.714. The number of nitrogens with one attached hydrogen (secondary N) is 2. The first kappa shape index (κ1) is 19.9. The van der Waals surface area contributed by atoms with Crippen LogP contribution in [0.5, 0.6) is 0 Å². The summed E-state index contributed by atoms with van der Waals surface area (Å²) in [6.45, 7) is 7.50. The van der Waals surface area contributed by atoms with Crippen LogP contribution in [0.3, 0.4) is 0 Å². The molecular weight excluding hydrogens is 288 g/mol. The third kappa shape index (κ3) is 6.54. The first-order valence-electron chi connectivity index (χ1n) is 7.16. The van der Waals surface area contributed by atoms with Gasteiger partial charge in [-0.25, -0.2) is 4.79 Å². The van der Waals surface area contributed by atoms with Crippen molar-refractivity contribution in [3.8, 4) is 6.07 Å². The number of carbonyl (C=O) groups is 3. The van der Waals surface area contributed by atoms with E-state index in [2.05, 4.69) is 10.1 Å². The Morgan fingerprint density at radius 3 is 2.32 bits per heavy atom. The number of hydrogen-bond donors (Lipinski definition) is 2. The molecular formula is C14H25N4O4+. The molecule has 0 aliphatic rings. The molecule has 0 aromatic heterocycles. The van der Waals surface area contributed by atoms with Crippen LogP contribution in [0.1, 0.15) is 27.7 Å². The highest BCUT2D eigenvalue weighted by molar-refractivity contribution is 5.92. The van der Waals surface area contributed by atoms with Crippen LogP contribution in [0.2, 0.25) is 0 Å². The second kappa shape index (κ2) is 9.00. The van der Waals surface area contributed by atoms with Crippen LogP contribution in [-0.2, 0) is 14.3 Å². The Hall–Kier alpha value is -2.14. The molecule has 1 atom stereocenters. The number of imide groups is 1. The number of nitrogens with zero attached hydrogens (tertiary/aromatic N) is 2. The van der Waals surface area contributed by atoms with E-state index in [1.807, 2.05) is 13.0 Å². The van der Waals surface area contributed by atoms with E-state index in [1.54, 1.807) is 27.8 Å². The average Bonchev–Trinajstić information content (AvgIpc) is 2.45. The molecule has 0 radical (unpaired) electrons. The van der Waals surface area contributed by atoms with Crippen molar-refractivity contribution in [3.63, 3.8) is 0 Å². The van der Waals surface area contributed by atoms with Gasteiger partial charge in [0, 0.05) is 7.05 Å². The van der Waals surface area contributed by atoms with E-state index < -0.39 is 17.5 Å². The Bertz CT molecular complexity index is 456. The number of rotatable bonds is 7. The third-order valence-corrected chi connectivity index (χ3v) is 3.31. The predicted octanol–water partition coefficient (Wildman–Crippen LogP) is -1.08. The molecule has 0 spiro atoms. The Morgan fingerprint density at radius 2 is 1.86 bits per heavy atom. The highest BCUT2D eigenvalue weighted by Crippen LogP contribution is 2.09. The molecule has 2 N–H and O–H groups in total. The van der Waals surface area contributed by atoms with E-state index in [-0.39, 0.29) is 25.6 Å². The topological polar surface area (TPSA) is 104 Å². The summed E-state index contributed by atoms with van der Waals surface area (Å²) in [5.41, 5.74) is -0.914. The molecule has 0 bridgehead atoms. The summed E-state index contributed by atoms with van der Waals surface area (Å²) in [5.74, 6) is -0.752. The van der Waals surface area contributed by atoms with Gasteiger partial charge < -0.3 is 14.5 Å². The minimum Gasteiger partial charge on any atom is -0.450 e. The summed E-state index contributed by atoms with van der Waals surface area (Å²) < 4.78 is 4.61. The van der Waals surface area contributed by atoms with Gasteiger partial charge in [-0.2, -0.15) is 5.26 Å². The maximum Gasteiger partial charge on any atom is 0.414 e. The Morgan fingerprint density at radius 1 is 1.27 bits per heavy atom. The van der Waals surface area contributed by atoms with Crippen molar-refractivity contribution < 1.29 is 24.0 Å². The largest absolute Gasteiger partial charge is 0.450 e. The van der Waals surface area contributed by atoms with E-state index in [4.69, 9.17) is 5.26 Å². The molecule has 0 saturated carbocycles. The first-order valence-corrected chi connectivity index (χ1v) is 7.16. The maximum atomic E-state index is 12.2. The van der Waals surface area contributed by atoms with Crippen molar-refractivity contribution in [2.75, 3.05) is 33.3 Å². The van der Waals surface area contributed by atoms with Crippen LogP contribution >= 0.6 is 0 Å². The normalized spacial score (nSPS) is 12.0. The summed E-state index contributed by atoms with van der Waals surface area (Å²) in [7, 11) is 1.55. The molecule has 0 aliphatic heterocycles. The number of carbonyl (C=O) groups excluding carboxylic acids is 3. The average molecular weight is 313 g/mol. The number of ether oxygens (including phenoxy) is 1. The van der Waals surface area contributed by atoms with Gasteiger partial charge in [0.1, 0.15) is 5.54 Å². The Balaban J connectivity index is 4.55. The molecule has 22 heavy (non-hydrogen) atoms. The van der Waals surface area contributed by atoms with Crippen molar-refractivity contribution in [2.24, 2.45) is 0 Å². The number of amides is 3. The molecule has 0 aromatic rings. The van der Waals surface area contributed by atoms with E-state index >= 15 is 0 Å². The van der Waals surface area contributed by atoms with E-state index in [9.17, 15) is 14.4 Å². The summed E-state index contributed by atoms with van der Waals surface area (Å²) in [5, 5.41) is 11.1. The van der Waals surface area contributed by atoms with E-state index in [0.29, 0.717) is 11.4 Å². The van der Waals surface area contributed by atoms with Crippen molar-refractivity contribution in [2.45, 2.75) is 33.2 Å². The molecule has 0 heterocycles. The number of likely N-dealkylation sites (N-methyl/N-ethyl adjacent to an activating group) is 2. The van der Waals surface area contributed by atoms with Crippen LogP contribution in [0.15, 0.2) is 0 Å². The lowest BCUT2D eigenvalue weighted by Crippen LogP contribution is -3.14. The van der Waals surface area contributed by atoms with Crippen LogP contribution in [0.4, 0.5) is 4.79 Å². The van der Waals surface area contributed by atoms with Gasteiger partial charge in [-0.1, -0.05) is 0 Å². The predicted molar refractivity (Wildman–Crippen MR) is 78.9 cm³/mol. The van der Waals surface area contributed by atoms with Crippen molar-refractivity contribution in [1.29, 1.82) is 5.26 Å². The van der Waals surface area contributed by atoms with E-state index in [1.165, 1.54) is 4.90 Å². The van der Waals surface area contributed by atoms with Gasteiger partial charge in [0.2, 0.25) is 0 Å². The molecule has 3 amide bonds. The fourth-order valence-electron chi connectivity index (χ4n) is 1.58. The molecule has 1 unspecified atom stereocenters. The number of quaternary nitrogens is 1. The molecule has 0 aliphatic carbocycles. The van der Waals surface area contributed by atoms with Crippen LogP contribution in [0.25, 0.3) is 0 Å². The molecule has 0 aromatic carbocycles. The Labute approximate surface area is 131 Å². The zero-order valence-electron chi connectivity index (χ0n) is 13.9. The lowest BCUT2D eigenvalue weighted by atomic mass is 10.1. The number of nitriles is 1. The Kier molecular flexibility index (Phi) is 8.12. The van der Waals surface area contributed by atoms with Gasteiger partial charge in [0.15, 0.2) is 13.1 Å². The fourth-order valence-corrected chi connectivity index (χ4v) is 1.58. The standard InChI is InChI=1S/C14H24N4O4/c1-6-18(8-11(19)16-13(21)22-7-2)9-12(20)17(5)14(3,4)10-15/h6-9H2,1-5H3,(H,16,19,21)/p+1. The summed E-state index contributed by atoms with van der Waals surface area (Å²) >= 11 is 0. The van der Waals surface area contributed by atoms with Gasteiger partial charge in [-0.15, -0.1) is 0 Å². The second-order valence-corrected chi connectivity index (χ2v) is 5.35. The first-order chi connectivity index (χ1) is 10.2. The molecule has 8 nitrogen and oxygen atoms in total. The number of hydrogen-bond acceptors (Lipinski definition) is 5. The molecule has 0 saturated heterocycles. The minimum atomic E-state index is -0.914. The maximum absolute atomic E-state index is 12.2. The van der Waals surface area contributed by atoms with Gasteiger partial charge in [0.25, 0.3) is 11.8 Å². The highest BCUT2D eigenvalue weighted by Gasteiger charge is 2.30. The zero-order chi connectivity index (χ0) is 17.3. The SMILES string of the molecule is CCOC(=O)NC(=O)C[NH+](CC)CC(=O)N(C)C(C)(C)C#N. The monoisotopic (exact) mass is 313 g/mol. The summed E-state index contributed by atoms with van der Waals surface area (Å²) in [6, 6.07) is 2.05. The van der Waals surface area contributed by atoms with Crippen LogP contribution < -0.4 is 10.2 Å². The molecule has 0 rings (SSSR count). The lowest BCUT2D eigenvalue weighted by Gasteiger charge is -2.30. The van der Waals surface area contributed by atoms with Crippen molar-refractivity contribution >= 4 is 17.9 Å². The van der Waals surface area contributed by atoms with Gasteiger partial charge in [-0.05, 0) is 27.7 Å². The summed E-state index contributed by atoms with van der Waals surface area (Å²) in [6.07, 6.45) is -0.794. The molecule has 0 fully saturated rings. The van der Waals surface area contributed by atoms with Crippen molar-refractivity contribution in [1.82, 2.24) is 10.2 Å². The third-order valence-electron chi connectivity index (χ3n) is 3.31. The van der Waals surface area contributed by atoms with E-state index in [0.717, 1.165) is 0 Å². The van der Waals surface area contributed by atoms with Crippen LogP contribution in [0, 0.1) is 11.3 Å². The molecule has 124 valence electrons. The van der Waals surface area contributed by atoms with Crippen LogP contribution in [-0.4, -0.2) is 61.6 Å².